The molecule has 1 aromatic carbocycles. The molecule has 108 valence electrons. The van der Waals surface area contributed by atoms with Crippen LogP contribution in [0.4, 0.5) is 0 Å². The third-order valence-corrected chi connectivity index (χ3v) is 4.85. The maximum absolute atomic E-state index is 6.11. The third kappa shape index (κ3) is 1.72. The Labute approximate surface area is 119 Å². The summed E-state index contributed by atoms with van der Waals surface area (Å²) in [6.07, 6.45) is 0.0511. The van der Waals surface area contributed by atoms with Crippen molar-refractivity contribution in [2.45, 2.75) is 13.0 Å². The molecule has 0 N–H and O–H groups in total. The van der Waals surface area contributed by atoms with Gasteiger partial charge in [-0.05, 0) is 18.6 Å². The first kappa shape index (κ1) is 12.6. The molecule has 0 saturated carbocycles. The second-order valence-corrected chi connectivity index (χ2v) is 6.03. The Hall–Kier alpha value is -1.08. The molecular weight excluding hydrogens is 257 g/mol. The Balaban J connectivity index is 1.44. The van der Waals surface area contributed by atoms with Crippen LogP contribution in [-0.2, 0) is 14.0 Å². The van der Waals surface area contributed by atoms with Gasteiger partial charge in [-0.2, -0.15) is 0 Å². The van der Waals surface area contributed by atoms with E-state index in [1.54, 1.807) is 0 Å². The molecule has 3 aliphatic rings. The molecule has 3 aliphatic heterocycles. The third-order valence-electron chi connectivity index (χ3n) is 4.85. The number of quaternary nitrogens is 1. The van der Waals surface area contributed by atoms with Crippen molar-refractivity contribution in [1.29, 1.82) is 0 Å². The zero-order valence-electron chi connectivity index (χ0n) is 11.8. The Morgan fingerprint density at radius 1 is 1.25 bits per heavy atom. The summed E-state index contributed by atoms with van der Waals surface area (Å²) in [7, 11) is 0. The van der Waals surface area contributed by atoms with Crippen LogP contribution < -0.4 is 4.74 Å². The lowest BCUT2D eigenvalue weighted by Crippen LogP contribution is -2.59. The summed E-state index contributed by atoms with van der Waals surface area (Å²) in [6, 6.07) is 8.06. The number of hydrogen-bond donors (Lipinski definition) is 0. The first-order valence-electron chi connectivity index (χ1n) is 7.36. The molecule has 3 saturated heterocycles. The number of aryl methyl sites for hydroxylation is 1. The van der Waals surface area contributed by atoms with Crippen molar-refractivity contribution >= 4 is 6.89 Å². The van der Waals surface area contributed by atoms with E-state index in [1.807, 2.05) is 18.2 Å². The van der Waals surface area contributed by atoms with Gasteiger partial charge in [-0.3, -0.25) is 0 Å². The average molecular weight is 277 g/mol. The van der Waals surface area contributed by atoms with E-state index in [0.717, 1.165) is 48.6 Å². The minimum absolute atomic E-state index is 0.0511. The normalized spacial score (nSPS) is 38.8. The number of nitrogens with zero attached hydrogens (tertiary/aromatic N) is 1. The highest BCUT2D eigenvalue weighted by atomic mass is 16.8. The Morgan fingerprint density at radius 3 is 2.70 bits per heavy atom. The molecule has 0 amide bonds. The van der Waals surface area contributed by atoms with Crippen LogP contribution in [0.5, 0.6) is 5.75 Å². The van der Waals surface area contributed by atoms with Gasteiger partial charge >= 0.3 is 6.89 Å². The fourth-order valence-electron chi connectivity index (χ4n) is 3.76. The number of benzene rings is 1. The van der Waals surface area contributed by atoms with Crippen LogP contribution in [0.1, 0.15) is 5.56 Å². The van der Waals surface area contributed by atoms with Gasteiger partial charge in [0.15, 0.2) is 0 Å². The topological polar surface area (TPSA) is 36.9 Å². The van der Waals surface area contributed by atoms with Gasteiger partial charge in [0, 0.05) is 0 Å². The van der Waals surface area contributed by atoms with Crippen LogP contribution in [0.3, 0.4) is 0 Å². The van der Waals surface area contributed by atoms with Gasteiger partial charge in [0.05, 0.1) is 32.8 Å². The molecule has 0 aromatic heterocycles. The zero-order chi connectivity index (χ0) is 13.6. The molecule has 20 heavy (non-hydrogen) atoms. The largest absolute Gasteiger partial charge is 0.625 e. The van der Waals surface area contributed by atoms with Crippen LogP contribution in [0.15, 0.2) is 24.3 Å². The summed E-state index contributed by atoms with van der Waals surface area (Å²) in [4.78, 5) is 0. The van der Waals surface area contributed by atoms with Crippen LogP contribution in [-0.4, -0.2) is 56.8 Å². The Kier molecular flexibility index (Phi) is 2.82. The minimum Gasteiger partial charge on any atom is -0.491 e. The van der Waals surface area contributed by atoms with Gasteiger partial charge in [-0.25, -0.2) is 0 Å². The molecule has 3 fully saturated rings. The van der Waals surface area contributed by atoms with E-state index < -0.39 is 6.89 Å². The maximum atomic E-state index is 6.11. The zero-order valence-corrected chi connectivity index (χ0v) is 11.8. The van der Waals surface area contributed by atoms with Crippen molar-refractivity contribution in [1.82, 2.24) is 0 Å². The maximum Gasteiger partial charge on any atom is 0.625 e. The summed E-state index contributed by atoms with van der Waals surface area (Å²) < 4.78 is 24.5. The predicted molar refractivity (Wildman–Crippen MR) is 74.1 cm³/mol. The standard InChI is InChI=1S/C14H20BNO4/c1-12-4-2-3-5-14(12)17-11-13-10-16-6-8-18-15(16,20-13)19-9-7-16/h2-5,13H,6-11H2,1H3. The smallest absolute Gasteiger partial charge is 0.491 e. The second-order valence-electron chi connectivity index (χ2n) is 6.03. The molecule has 6 heteroatoms. The fourth-order valence-corrected chi connectivity index (χ4v) is 3.76. The summed E-state index contributed by atoms with van der Waals surface area (Å²) in [6.45, 7) is 5.47. The number of ether oxygens (including phenoxy) is 1. The van der Waals surface area contributed by atoms with Crippen LogP contribution in [0, 0.1) is 6.92 Å². The number of hydrogen-bond acceptors (Lipinski definition) is 4. The molecule has 3 heterocycles. The predicted octanol–water partition coefficient (Wildman–Crippen LogP) is 1.09. The molecule has 0 spiro atoms. The Bertz CT molecular complexity index is 494. The van der Waals surface area contributed by atoms with Crippen molar-refractivity contribution in [2.75, 3.05) is 39.5 Å². The number of para-hydroxylation sites is 1. The van der Waals surface area contributed by atoms with E-state index in [2.05, 4.69) is 13.0 Å². The van der Waals surface area contributed by atoms with E-state index in [-0.39, 0.29) is 6.10 Å². The molecule has 1 atom stereocenters. The summed E-state index contributed by atoms with van der Waals surface area (Å²) in [5, 5.41) is 0. The van der Waals surface area contributed by atoms with Crippen molar-refractivity contribution in [3.8, 4) is 5.75 Å². The van der Waals surface area contributed by atoms with E-state index in [0.29, 0.717) is 6.61 Å². The summed E-state index contributed by atoms with van der Waals surface area (Å²) >= 11 is 0. The molecule has 0 aliphatic carbocycles. The van der Waals surface area contributed by atoms with Gasteiger partial charge in [0.25, 0.3) is 0 Å². The lowest BCUT2D eigenvalue weighted by molar-refractivity contribution is -0.816. The van der Waals surface area contributed by atoms with E-state index in [1.165, 1.54) is 0 Å². The Morgan fingerprint density at radius 2 is 2.00 bits per heavy atom. The quantitative estimate of drug-likeness (QED) is 0.775. The fraction of sp³-hybridized carbons (Fsp3) is 0.571. The summed E-state index contributed by atoms with van der Waals surface area (Å²) in [5.41, 5.74) is 1.15. The lowest BCUT2D eigenvalue weighted by atomic mass is 9.94. The molecule has 4 rings (SSSR count). The van der Waals surface area contributed by atoms with Crippen molar-refractivity contribution in [3.63, 3.8) is 0 Å². The SMILES string of the molecule is Cc1ccccc1OCC1C[N+]23CCO[B-]2(OCC3)O1. The van der Waals surface area contributed by atoms with Gasteiger partial charge < -0.3 is 23.1 Å². The first-order valence-corrected chi connectivity index (χ1v) is 7.36. The molecular formula is C14H20BNO4. The van der Waals surface area contributed by atoms with Crippen LogP contribution >= 0.6 is 0 Å². The van der Waals surface area contributed by atoms with Crippen molar-refractivity contribution < 1.29 is 23.1 Å². The molecule has 5 nitrogen and oxygen atoms in total. The van der Waals surface area contributed by atoms with Crippen LogP contribution in [0.25, 0.3) is 0 Å². The van der Waals surface area contributed by atoms with E-state index >= 15 is 0 Å². The highest BCUT2D eigenvalue weighted by molar-refractivity contribution is 6.54. The number of rotatable bonds is 3. The highest BCUT2D eigenvalue weighted by Gasteiger charge is 2.66. The molecule has 1 aromatic rings. The van der Waals surface area contributed by atoms with Crippen molar-refractivity contribution in [3.05, 3.63) is 29.8 Å². The minimum atomic E-state index is -1.56. The lowest BCUT2D eigenvalue weighted by Gasteiger charge is -2.37. The van der Waals surface area contributed by atoms with Crippen LogP contribution in [0.2, 0.25) is 0 Å². The molecule has 0 radical (unpaired) electrons. The first-order chi connectivity index (χ1) is 9.73. The molecule has 1 unspecified atom stereocenters. The van der Waals surface area contributed by atoms with Gasteiger partial charge in [0.2, 0.25) is 0 Å². The monoisotopic (exact) mass is 277 g/mol. The van der Waals surface area contributed by atoms with Gasteiger partial charge in [0.1, 0.15) is 18.5 Å². The highest BCUT2D eigenvalue weighted by Crippen LogP contribution is 2.41. The van der Waals surface area contributed by atoms with Gasteiger partial charge in [-0.1, -0.05) is 18.2 Å². The second kappa shape index (κ2) is 4.46. The summed E-state index contributed by atoms with van der Waals surface area (Å²) in [5.74, 6) is 0.926. The van der Waals surface area contributed by atoms with Crippen molar-refractivity contribution in [2.24, 2.45) is 0 Å². The van der Waals surface area contributed by atoms with E-state index in [4.69, 9.17) is 18.7 Å². The molecule has 0 bridgehead atoms. The van der Waals surface area contributed by atoms with E-state index in [9.17, 15) is 0 Å². The van der Waals surface area contributed by atoms with Gasteiger partial charge in [-0.15, -0.1) is 0 Å². The average Bonchev–Trinajstić information content (AvgIpc) is 2.98.